The lowest BCUT2D eigenvalue weighted by Crippen LogP contribution is -2.49. The molecule has 0 saturated carbocycles. The Hall–Kier alpha value is -2.18. The van der Waals surface area contributed by atoms with Crippen molar-refractivity contribution >= 4 is 0 Å². The van der Waals surface area contributed by atoms with Crippen molar-refractivity contribution in [3.63, 3.8) is 0 Å². The van der Waals surface area contributed by atoms with Crippen LogP contribution in [0, 0.1) is 5.92 Å². The molecular weight excluding hydrogens is 398 g/mol. The molecular formula is C25H32F2N2O2. The molecule has 4 rings (SSSR count). The molecule has 0 aromatic heterocycles. The number of phenols is 1. The van der Waals surface area contributed by atoms with Crippen molar-refractivity contribution in [2.75, 3.05) is 46.0 Å². The molecule has 0 aliphatic carbocycles. The third-order valence-electron chi connectivity index (χ3n) is 6.16. The van der Waals surface area contributed by atoms with Crippen molar-refractivity contribution in [1.29, 1.82) is 0 Å². The Morgan fingerprint density at radius 1 is 1.13 bits per heavy atom. The minimum Gasteiger partial charge on any atom is -0.508 e. The predicted molar refractivity (Wildman–Crippen MR) is 118 cm³/mol. The Balaban J connectivity index is 1.46. The normalized spacial score (nSPS) is 20.3. The van der Waals surface area contributed by atoms with Gasteiger partial charge in [-0.1, -0.05) is 18.2 Å². The average Bonchev–Trinajstić information content (AvgIpc) is 2.69. The van der Waals surface area contributed by atoms with Crippen LogP contribution in [0.15, 0.2) is 42.5 Å². The standard InChI is InChI=1S/C25H32F2N2O2/c1-25(2,27)17-29-10-9-20-13-21(30)5-8-23(20)24(29)19-3-6-22(7-4-19)31-12-11-28-15-18(14-26)16-28/h3-8,13,18,24,30H,9-12,14-17H2,1-2H3. The summed E-state index contributed by atoms with van der Waals surface area (Å²) in [5, 5.41) is 9.89. The third-order valence-corrected chi connectivity index (χ3v) is 6.16. The molecule has 1 unspecified atom stereocenters. The molecule has 0 radical (unpaired) electrons. The van der Waals surface area contributed by atoms with Crippen LogP contribution in [0.1, 0.15) is 36.6 Å². The molecule has 2 heterocycles. The van der Waals surface area contributed by atoms with Crippen LogP contribution < -0.4 is 4.74 Å². The minimum absolute atomic E-state index is 0.0628. The van der Waals surface area contributed by atoms with Crippen LogP contribution >= 0.6 is 0 Å². The summed E-state index contributed by atoms with van der Waals surface area (Å²) in [5.41, 5.74) is 2.01. The van der Waals surface area contributed by atoms with Gasteiger partial charge in [0.1, 0.15) is 23.8 Å². The largest absolute Gasteiger partial charge is 0.508 e. The van der Waals surface area contributed by atoms with E-state index < -0.39 is 5.67 Å². The van der Waals surface area contributed by atoms with E-state index >= 15 is 0 Å². The second-order valence-corrected chi connectivity index (χ2v) is 9.42. The molecule has 31 heavy (non-hydrogen) atoms. The van der Waals surface area contributed by atoms with Crippen LogP contribution in [0.25, 0.3) is 0 Å². The quantitative estimate of drug-likeness (QED) is 0.675. The van der Waals surface area contributed by atoms with E-state index in [0.29, 0.717) is 13.2 Å². The maximum absolute atomic E-state index is 14.5. The summed E-state index contributed by atoms with van der Waals surface area (Å²) in [6.07, 6.45) is 0.789. The van der Waals surface area contributed by atoms with Crippen LogP contribution in [0.4, 0.5) is 8.78 Å². The van der Waals surface area contributed by atoms with Gasteiger partial charge in [0.15, 0.2) is 0 Å². The van der Waals surface area contributed by atoms with Gasteiger partial charge in [-0.25, -0.2) is 4.39 Å². The summed E-state index contributed by atoms with van der Waals surface area (Å²) >= 11 is 0. The first-order valence-electron chi connectivity index (χ1n) is 11.1. The van der Waals surface area contributed by atoms with E-state index in [9.17, 15) is 13.9 Å². The maximum Gasteiger partial charge on any atom is 0.119 e. The number of hydrogen-bond donors (Lipinski definition) is 1. The summed E-state index contributed by atoms with van der Waals surface area (Å²) < 4.78 is 32.9. The Labute approximate surface area is 183 Å². The summed E-state index contributed by atoms with van der Waals surface area (Å²) in [6.45, 7) is 7.08. The molecule has 4 nitrogen and oxygen atoms in total. The lowest BCUT2D eigenvalue weighted by molar-refractivity contribution is 0.0668. The number of nitrogens with zero attached hydrogens (tertiary/aromatic N) is 2. The van der Waals surface area contributed by atoms with Gasteiger partial charge in [-0.3, -0.25) is 14.2 Å². The van der Waals surface area contributed by atoms with Crippen molar-refractivity contribution in [2.45, 2.75) is 32.0 Å². The van der Waals surface area contributed by atoms with Gasteiger partial charge in [0.25, 0.3) is 0 Å². The lowest BCUT2D eigenvalue weighted by Gasteiger charge is -2.40. The van der Waals surface area contributed by atoms with Gasteiger partial charge in [0.05, 0.1) is 12.7 Å². The molecule has 1 saturated heterocycles. The van der Waals surface area contributed by atoms with Gasteiger partial charge in [0, 0.05) is 38.6 Å². The van der Waals surface area contributed by atoms with Crippen molar-refractivity contribution in [2.24, 2.45) is 5.92 Å². The summed E-state index contributed by atoms with van der Waals surface area (Å²) in [6, 6.07) is 13.4. The Morgan fingerprint density at radius 3 is 2.55 bits per heavy atom. The molecule has 0 spiro atoms. The molecule has 168 valence electrons. The second-order valence-electron chi connectivity index (χ2n) is 9.42. The first-order valence-corrected chi connectivity index (χ1v) is 11.1. The molecule has 2 aliphatic rings. The van der Waals surface area contributed by atoms with Crippen LogP contribution in [0.5, 0.6) is 11.5 Å². The zero-order chi connectivity index (χ0) is 22.0. The van der Waals surface area contributed by atoms with Gasteiger partial charge in [-0.15, -0.1) is 0 Å². The highest BCUT2D eigenvalue weighted by Crippen LogP contribution is 2.38. The summed E-state index contributed by atoms with van der Waals surface area (Å²) in [7, 11) is 0. The maximum atomic E-state index is 14.5. The van der Waals surface area contributed by atoms with E-state index in [1.165, 1.54) is 0 Å². The van der Waals surface area contributed by atoms with Crippen molar-refractivity contribution in [1.82, 2.24) is 9.80 Å². The van der Waals surface area contributed by atoms with Gasteiger partial charge >= 0.3 is 0 Å². The highest BCUT2D eigenvalue weighted by molar-refractivity contribution is 5.44. The number of halogens is 2. The molecule has 2 aromatic rings. The fourth-order valence-corrected chi connectivity index (χ4v) is 4.70. The summed E-state index contributed by atoms with van der Waals surface area (Å²) in [5.74, 6) is 1.25. The number of ether oxygens (including phenoxy) is 1. The van der Waals surface area contributed by atoms with E-state index in [1.807, 2.05) is 36.4 Å². The van der Waals surface area contributed by atoms with Gasteiger partial charge < -0.3 is 9.84 Å². The number of likely N-dealkylation sites (tertiary alicyclic amines) is 1. The molecule has 0 bridgehead atoms. The van der Waals surface area contributed by atoms with Crippen LogP contribution in [-0.4, -0.2) is 66.6 Å². The number of rotatable bonds is 8. The highest BCUT2D eigenvalue weighted by atomic mass is 19.1. The number of aromatic hydroxyl groups is 1. The SMILES string of the molecule is CC(C)(F)CN1CCc2cc(O)ccc2C1c1ccc(OCCN2CC(CF)C2)cc1. The van der Waals surface area contributed by atoms with Crippen LogP contribution in [0.3, 0.4) is 0 Å². The van der Waals surface area contributed by atoms with Crippen molar-refractivity contribution in [3.05, 3.63) is 59.2 Å². The zero-order valence-corrected chi connectivity index (χ0v) is 18.4. The van der Waals surface area contributed by atoms with E-state index in [0.717, 1.165) is 55.0 Å². The Bertz CT molecular complexity index is 876. The molecule has 1 atom stereocenters. The monoisotopic (exact) mass is 430 g/mol. The van der Waals surface area contributed by atoms with Gasteiger partial charge in [0.2, 0.25) is 0 Å². The lowest BCUT2D eigenvalue weighted by atomic mass is 9.87. The van der Waals surface area contributed by atoms with E-state index in [1.54, 1.807) is 19.9 Å². The fourth-order valence-electron chi connectivity index (χ4n) is 4.70. The minimum atomic E-state index is -1.30. The molecule has 1 fully saturated rings. The molecule has 6 heteroatoms. The van der Waals surface area contributed by atoms with Crippen molar-refractivity contribution in [3.8, 4) is 11.5 Å². The number of phenolic OH excluding ortho intramolecular Hbond substituents is 1. The predicted octanol–water partition coefficient (Wildman–Crippen LogP) is 4.37. The fraction of sp³-hybridized carbons (Fsp3) is 0.520. The van der Waals surface area contributed by atoms with E-state index in [4.69, 9.17) is 4.74 Å². The zero-order valence-electron chi connectivity index (χ0n) is 18.4. The highest BCUT2D eigenvalue weighted by Gasteiger charge is 2.33. The number of hydrogen-bond acceptors (Lipinski definition) is 4. The first kappa shape index (κ1) is 22.0. The van der Waals surface area contributed by atoms with Gasteiger partial charge in [-0.2, -0.15) is 0 Å². The number of benzene rings is 2. The number of alkyl halides is 2. The van der Waals surface area contributed by atoms with E-state index in [-0.39, 0.29) is 24.4 Å². The molecule has 2 aliphatic heterocycles. The Morgan fingerprint density at radius 2 is 1.87 bits per heavy atom. The van der Waals surface area contributed by atoms with E-state index in [2.05, 4.69) is 9.80 Å². The Kier molecular flexibility index (Phi) is 6.49. The van der Waals surface area contributed by atoms with Crippen molar-refractivity contribution < 1.29 is 18.6 Å². The smallest absolute Gasteiger partial charge is 0.119 e. The molecule has 2 aromatic carbocycles. The second kappa shape index (κ2) is 9.13. The first-order chi connectivity index (χ1) is 14.8. The molecule has 0 amide bonds. The van der Waals surface area contributed by atoms with Crippen LogP contribution in [-0.2, 0) is 6.42 Å². The van der Waals surface area contributed by atoms with Gasteiger partial charge in [-0.05, 0) is 61.2 Å². The topological polar surface area (TPSA) is 35.9 Å². The third kappa shape index (κ3) is 5.36. The summed E-state index contributed by atoms with van der Waals surface area (Å²) in [4.78, 5) is 4.38. The van der Waals surface area contributed by atoms with Crippen LogP contribution in [0.2, 0.25) is 0 Å². The average molecular weight is 431 g/mol. The molecule has 1 N–H and O–H groups in total. The number of fused-ring (bicyclic) bond motifs is 1.